The van der Waals surface area contributed by atoms with Gasteiger partial charge in [-0.2, -0.15) is 10.1 Å². The van der Waals surface area contributed by atoms with E-state index in [0.29, 0.717) is 43.6 Å². The summed E-state index contributed by atoms with van der Waals surface area (Å²) in [5.74, 6) is 1.19. The van der Waals surface area contributed by atoms with Crippen molar-refractivity contribution in [2.45, 2.75) is 31.9 Å². The van der Waals surface area contributed by atoms with Crippen LogP contribution in [0.2, 0.25) is 0 Å². The molecule has 1 saturated heterocycles. The molecule has 4 aromatic rings. The first kappa shape index (κ1) is 20.0. The van der Waals surface area contributed by atoms with E-state index in [1.807, 2.05) is 53.1 Å². The van der Waals surface area contributed by atoms with Gasteiger partial charge in [0.05, 0.1) is 30.6 Å². The molecule has 6 heterocycles. The van der Waals surface area contributed by atoms with Gasteiger partial charge in [0.15, 0.2) is 0 Å². The van der Waals surface area contributed by atoms with Crippen molar-refractivity contribution in [3.63, 3.8) is 0 Å². The average Bonchev–Trinajstić information content (AvgIpc) is 3.53. The molecule has 4 aromatic heterocycles. The maximum absolute atomic E-state index is 12.1. The molecule has 2 aliphatic rings. The number of fused-ring (bicyclic) bond motifs is 2. The van der Waals surface area contributed by atoms with Crippen molar-refractivity contribution in [3.05, 3.63) is 54.0 Å². The van der Waals surface area contributed by atoms with Crippen LogP contribution in [-0.2, 0) is 24.8 Å². The first-order chi connectivity index (χ1) is 16.1. The zero-order valence-corrected chi connectivity index (χ0v) is 18.4. The van der Waals surface area contributed by atoms with E-state index in [4.69, 9.17) is 19.4 Å². The van der Waals surface area contributed by atoms with Crippen LogP contribution >= 0.6 is 0 Å². The van der Waals surface area contributed by atoms with Crippen LogP contribution in [0.1, 0.15) is 34.7 Å². The Bertz CT molecular complexity index is 1330. The average molecular weight is 447 g/mol. The quantitative estimate of drug-likeness (QED) is 0.501. The fourth-order valence-electron chi connectivity index (χ4n) is 4.53. The molecule has 0 bridgehead atoms. The van der Waals surface area contributed by atoms with Crippen LogP contribution in [0.5, 0.6) is 5.88 Å². The van der Waals surface area contributed by atoms with Gasteiger partial charge in [-0.15, -0.1) is 0 Å². The fraction of sp³-hybridized carbons (Fsp3) is 0.391. The van der Waals surface area contributed by atoms with Gasteiger partial charge in [-0.3, -0.25) is 9.48 Å². The van der Waals surface area contributed by atoms with Crippen molar-refractivity contribution in [3.8, 4) is 11.6 Å². The van der Waals surface area contributed by atoms with Gasteiger partial charge in [0.25, 0.3) is 5.91 Å². The maximum Gasteiger partial charge on any atom is 0.267 e. The molecule has 1 amide bonds. The van der Waals surface area contributed by atoms with Gasteiger partial charge in [-0.25, -0.2) is 4.98 Å². The Morgan fingerprint density at radius 1 is 1.24 bits per heavy atom. The lowest BCUT2D eigenvalue weighted by molar-refractivity contribution is 0.0242. The fourth-order valence-corrected chi connectivity index (χ4v) is 4.53. The monoisotopic (exact) mass is 447 g/mol. The molecule has 2 aliphatic heterocycles. The number of hydrogen-bond acceptors (Lipinski definition) is 6. The van der Waals surface area contributed by atoms with Crippen LogP contribution in [-0.4, -0.2) is 60.7 Å². The van der Waals surface area contributed by atoms with Crippen LogP contribution in [0.4, 0.5) is 0 Å². The minimum absolute atomic E-state index is 0.0408. The van der Waals surface area contributed by atoms with Crippen LogP contribution in [0.25, 0.3) is 16.7 Å². The van der Waals surface area contributed by atoms with Crippen molar-refractivity contribution in [2.24, 2.45) is 7.05 Å². The Kier molecular flexibility index (Phi) is 4.87. The molecule has 6 rings (SSSR count). The predicted octanol–water partition coefficient (Wildman–Crippen LogP) is 1.85. The molecule has 0 spiro atoms. The number of carbonyl (C=O) groups is 1. The number of ether oxygens (including phenoxy) is 2. The van der Waals surface area contributed by atoms with Gasteiger partial charge in [0.2, 0.25) is 5.88 Å². The van der Waals surface area contributed by atoms with Gasteiger partial charge >= 0.3 is 0 Å². The highest BCUT2D eigenvalue weighted by molar-refractivity contribution is 5.93. The third-order valence-corrected chi connectivity index (χ3v) is 6.15. The summed E-state index contributed by atoms with van der Waals surface area (Å²) in [5, 5.41) is 7.18. The molecule has 33 heavy (non-hydrogen) atoms. The van der Waals surface area contributed by atoms with Gasteiger partial charge in [0.1, 0.15) is 23.1 Å². The van der Waals surface area contributed by atoms with E-state index in [1.54, 1.807) is 4.68 Å². The van der Waals surface area contributed by atoms with Crippen molar-refractivity contribution in [1.29, 1.82) is 0 Å². The van der Waals surface area contributed by atoms with Crippen LogP contribution < -0.4 is 10.1 Å². The summed E-state index contributed by atoms with van der Waals surface area (Å²) in [5.41, 5.74) is 4.25. The molecule has 170 valence electrons. The molecule has 0 radical (unpaired) electrons. The maximum atomic E-state index is 12.1. The minimum atomic E-state index is -0.0408. The summed E-state index contributed by atoms with van der Waals surface area (Å²) in [7, 11) is 1.89. The normalized spacial score (nSPS) is 16.7. The SMILES string of the molecule is Cn1cc(-n2ccc3nc(Cc4cc5n(c4)CCNC5=O)nc(OC4CCOCC4)c32)cn1. The van der Waals surface area contributed by atoms with E-state index in [1.165, 1.54) is 0 Å². The molecule has 1 fully saturated rings. The first-order valence-electron chi connectivity index (χ1n) is 11.2. The molecule has 0 saturated carbocycles. The summed E-state index contributed by atoms with van der Waals surface area (Å²) in [6, 6.07) is 3.89. The lowest BCUT2D eigenvalue weighted by Crippen LogP contribution is -2.34. The Hall–Kier alpha value is -3.66. The molecule has 0 unspecified atom stereocenters. The van der Waals surface area contributed by atoms with Crippen LogP contribution in [0.3, 0.4) is 0 Å². The predicted molar refractivity (Wildman–Crippen MR) is 120 cm³/mol. The summed E-state index contributed by atoms with van der Waals surface area (Å²) < 4.78 is 17.7. The Labute approximate surface area is 190 Å². The molecular weight excluding hydrogens is 422 g/mol. The van der Waals surface area contributed by atoms with Gasteiger partial charge in [-0.05, 0) is 17.7 Å². The molecule has 10 heteroatoms. The van der Waals surface area contributed by atoms with E-state index >= 15 is 0 Å². The number of nitrogens with zero attached hydrogens (tertiary/aromatic N) is 6. The lowest BCUT2D eigenvalue weighted by Gasteiger charge is -2.23. The number of nitrogens with one attached hydrogen (secondary N) is 1. The molecule has 10 nitrogen and oxygen atoms in total. The van der Waals surface area contributed by atoms with Crippen LogP contribution in [0, 0.1) is 0 Å². The standard InChI is InChI=1S/C23H25N7O3/c1-28-14-16(12-25-28)30-6-2-18-21(30)23(33-17-3-8-32-9-4-17)27-20(26-18)11-15-10-19-22(31)24-5-7-29(19)13-15/h2,6,10,12-14,17H,3-5,7-9,11H2,1H3,(H,24,31). The first-order valence-corrected chi connectivity index (χ1v) is 11.2. The van der Waals surface area contributed by atoms with E-state index in [9.17, 15) is 4.79 Å². The van der Waals surface area contributed by atoms with Gasteiger partial charge < -0.3 is 23.9 Å². The zero-order chi connectivity index (χ0) is 22.4. The summed E-state index contributed by atoms with van der Waals surface area (Å²) in [6.45, 7) is 2.79. The number of carbonyl (C=O) groups excluding carboxylic acids is 1. The van der Waals surface area contributed by atoms with E-state index < -0.39 is 0 Å². The van der Waals surface area contributed by atoms with Crippen molar-refractivity contribution in [1.82, 2.24) is 34.2 Å². The highest BCUT2D eigenvalue weighted by Gasteiger charge is 2.22. The van der Waals surface area contributed by atoms with Gasteiger partial charge in [-0.1, -0.05) is 0 Å². The number of aromatic nitrogens is 6. The van der Waals surface area contributed by atoms with E-state index in [-0.39, 0.29) is 12.0 Å². The van der Waals surface area contributed by atoms with Crippen molar-refractivity contribution in [2.75, 3.05) is 19.8 Å². The number of aryl methyl sites for hydroxylation is 1. The number of amides is 1. The van der Waals surface area contributed by atoms with Crippen molar-refractivity contribution >= 4 is 16.9 Å². The van der Waals surface area contributed by atoms with E-state index in [0.717, 1.165) is 41.7 Å². The third-order valence-electron chi connectivity index (χ3n) is 6.15. The van der Waals surface area contributed by atoms with Gasteiger partial charge in [0, 0.05) is 58.0 Å². The second-order valence-corrected chi connectivity index (χ2v) is 8.53. The second kappa shape index (κ2) is 8.04. The Morgan fingerprint density at radius 3 is 2.91 bits per heavy atom. The summed E-state index contributed by atoms with van der Waals surface area (Å²) >= 11 is 0. The minimum Gasteiger partial charge on any atom is -0.473 e. The van der Waals surface area contributed by atoms with Crippen LogP contribution in [0.15, 0.2) is 36.9 Å². The molecule has 1 N–H and O–H groups in total. The molecular formula is C23H25N7O3. The molecule has 0 aromatic carbocycles. The number of hydrogen-bond donors (Lipinski definition) is 1. The largest absolute Gasteiger partial charge is 0.473 e. The Morgan fingerprint density at radius 2 is 2.12 bits per heavy atom. The second-order valence-electron chi connectivity index (χ2n) is 8.53. The summed E-state index contributed by atoms with van der Waals surface area (Å²) in [6.07, 6.45) is 9.97. The molecule has 0 aliphatic carbocycles. The molecule has 0 atom stereocenters. The smallest absolute Gasteiger partial charge is 0.267 e. The van der Waals surface area contributed by atoms with E-state index in [2.05, 4.69) is 10.4 Å². The highest BCUT2D eigenvalue weighted by atomic mass is 16.5. The zero-order valence-electron chi connectivity index (χ0n) is 18.4. The topological polar surface area (TPSA) is 101 Å². The van der Waals surface area contributed by atoms with Crippen molar-refractivity contribution < 1.29 is 14.3 Å². The Balaban J connectivity index is 1.39. The number of rotatable bonds is 5. The third kappa shape index (κ3) is 3.76. The highest BCUT2D eigenvalue weighted by Crippen LogP contribution is 2.29. The lowest BCUT2D eigenvalue weighted by atomic mass is 10.1. The summed E-state index contributed by atoms with van der Waals surface area (Å²) in [4.78, 5) is 21.8.